The lowest BCUT2D eigenvalue weighted by Crippen LogP contribution is -2.10. The molecule has 123 heavy (non-hydrogen) atoms. The fraction of sp³-hybridized carbons (Fsp3) is 0.170. The number of nitrogens with zero attached hydrogens (tertiary/aromatic N) is 3. The maximum atomic E-state index is 12.7. The smallest absolute Gasteiger partial charge is 0.248 e. The van der Waals surface area contributed by atoms with E-state index in [1.54, 1.807) is 95.8 Å². The molecule has 1 amide bonds. The van der Waals surface area contributed by atoms with Crippen LogP contribution in [0.25, 0.3) is 32.0 Å². The van der Waals surface area contributed by atoms with Crippen molar-refractivity contribution in [3.8, 4) is 51.7 Å². The summed E-state index contributed by atoms with van der Waals surface area (Å²) in [5, 5.41) is 52.7. The Bertz CT molecular complexity index is 5720. The fourth-order valence-electron chi connectivity index (χ4n) is 9.85. The number of phenols is 5. The van der Waals surface area contributed by atoms with Gasteiger partial charge in [-0.25, -0.2) is 23.7 Å². The number of nitrogens with two attached hydrogens (primary N) is 4. The lowest BCUT2D eigenvalue weighted by molar-refractivity contribution is 0.1000. The van der Waals surface area contributed by atoms with Gasteiger partial charge < -0.3 is 72.4 Å². The first kappa shape index (κ1) is 104. The van der Waals surface area contributed by atoms with E-state index in [2.05, 4.69) is 39.0 Å². The minimum absolute atomic E-state index is 0.175. The van der Waals surface area contributed by atoms with Crippen molar-refractivity contribution in [2.24, 2.45) is 5.73 Å². The number of halogens is 10. The van der Waals surface area contributed by atoms with Gasteiger partial charge >= 0.3 is 0 Å². The Hall–Kier alpha value is -11.3. The predicted octanol–water partition coefficient (Wildman–Crippen LogP) is 26.9. The molecule has 0 aliphatic carbocycles. The summed E-state index contributed by atoms with van der Waals surface area (Å²) in [4.78, 5) is 25.8. The Morgan fingerprint density at radius 1 is 0.390 bits per heavy atom. The molecular weight excluding hydrogens is 1750 g/mol. The van der Waals surface area contributed by atoms with E-state index in [1.807, 2.05) is 165 Å². The lowest BCUT2D eigenvalue weighted by atomic mass is 10.1. The zero-order valence-corrected chi connectivity index (χ0v) is 77.3. The molecule has 0 aliphatic rings. The second-order valence-corrected chi connectivity index (χ2v) is 31.3. The second kappa shape index (κ2) is 52.2. The Morgan fingerprint density at radius 2 is 0.878 bits per heavy atom. The number of nitrogens with one attached hydrogen (secondary N) is 1. The van der Waals surface area contributed by atoms with Crippen molar-refractivity contribution < 1.29 is 58.1 Å². The number of carbonyl (C=O) groups is 1. The van der Waals surface area contributed by atoms with Crippen LogP contribution in [0.3, 0.4) is 0 Å². The van der Waals surface area contributed by atoms with Crippen LogP contribution >= 0.6 is 104 Å². The molecule has 15 aromatic rings. The van der Waals surface area contributed by atoms with Crippen molar-refractivity contribution >= 4 is 159 Å². The Kier molecular flexibility index (Phi) is 44.1. The number of anilines is 3. The number of amides is 1. The molecule has 650 valence electrons. The van der Waals surface area contributed by atoms with Crippen molar-refractivity contribution in [2.45, 2.75) is 83.1 Å². The number of carbonyl (C=O) groups excluding carboxylic acids is 1. The van der Waals surface area contributed by atoms with Crippen LogP contribution in [-0.4, -0.2) is 79.8 Å². The maximum Gasteiger partial charge on any atom is 0.248 e. The topological polar surface area (TPSA) is 314 Å². The zero-order valence-electron chi connectivity index (χ0n) is 70.4. The summed E-state index contributed by atoms with van der Waals surface area (Å²) in [6, 6.07) is 62.1. The molecule has 29 heteroatoms. The number of aromatic hydroxyl groups is 5. The number of imidazole rings is 1. The number of phenolic OH excluding ortho intramolecular Hbond substituents is 5. The third-order valence-corrected chi connectivity index (χ3v) is 20.1. The van der Waals surface area contributed by atoms with Gasteiger partial charge in [0.05, 0.1) is 84.8 Å². The van der Waals surface area contributed by atoms with Crippen LogP contribution in [0.5, 0.6) is 51.7 Å². The Labute approximate surface area is 760 Å². The van der Waals surface area contributed by atoms with Crippen LogP contribution < -0.4 is 41.9 Å². The van der Waals surface area contributed by atoms with E-state index in [1.165, 1.54) is 78.6 Å². The summed E-state index contributed by atoms with van der Waals surface area (Å²) in [5.74, 6) is 3.17. The minimum Gasteiger partial charge on any atom is -0.508 e. The van der Waals surface area contributed by atoms with E-state index < -0.39 is 5.91 Å². The summed E-state index contributed by atoms with van der Waals surface area (Å²) in [6.45, 7) is 22.7. The number of methoxy groups -OCH3 is 4. The highest BCUT2D eigenvalue weighted by atomic mass is 35.5. The fourth-order valence-corrected chi connectivity index (χ4v) is 12.3. The van der Waals surface area contributed by atoms with Crippen molar-refractivity contribution in [3.63, 3.8) is 0 Å². The average molecular weight is 1850 g/mol. The Balaban J connectivity index is 0.000000282. The number of H-pyrrole nitrogens is 1. The number of fused-ring (bicyclic) bond motifs is 3. The van der Waals surface area contributed by atoms with Gasteiger partial charge in [0.1, 0.15) is 57.6 Å². The summed E-state index contributed by atoms with van der Waals surface area (Å²) < 4.78 is 45.8. The molecule has 0 atom stereocenters. The molecule has 0 bridgehead atoms. The first-order valence-electron chi connectivity index (χ1n) is 36.9. The number of aromatic nitrogens is 4. The predicted molar refractivity (Wildman–Crippen MR) is 509 cm³/mol. The van der Waals surface area contributed by atoms with Gasteiger partial charge in [0.15, 0.2) is 22.6 Å². The van der Waals surface area contributed by atoms with E-state index in [4.69, 9.17) is 150 Å². The van der Waals surface area contributed by atoms with Crippen molar-refractivity contribution in [1.29, 1.82) is 0 Å². The SMILES string of the molecule is COc1cc(O)c(C)cc1Cl.COc1ccc(C)c(O)c1.COc1ccc(C)cc1Cl.COc1ccc(C)cc1F.Cc1cc(C(N)=O)ccc1O.Cc1cc(Cl)c(Cl)cc1O.Cc1cc2c(N)nccc2cc1O.Cc1ccc(Cl)c(Cl)c1.Cc1ccc(Cl)c(F)c1.Cc1ccc2nc(N)[nH]c2c1.Cc1ccc2sc(N)nc2c1.Cc1cccc(Cl)c1. The van der Waals surface area contributed by atoms with Gasteiger partial charge in [0.25, 0.3) is 0 Å². The Morgan fingerprint density at radius 3 is 1.41 bits per heavy atom. The number of aromatic amines is 1. The van der Waals surface area contributed by atoms with Crippen LogP contribution in [0.1, 0.15) is 77.1 Å². The van der Waals surface area contributed by atoms with E-state index >= 15 is 0 Å². The van der Waals surface area contributed by atoms with Crippen LogP contribution in [0, 0.1) is 94.7 Å². The molecule has 0 unspecified atom stereocenters. The molecule has 3 aromatic heterocycles. The normalized spacial score (nSPS) is 9.87. The van der Waals surface area contributed by atoms with E-state index in [0.29, 0.717) is 75.4 Å². The maximum absolute atomic E-state index is 12.7. The van der Waals surface area contributed by atoms with Gasteiger partial charge in [-0.3, -0.25) is 4.79 Å². The summed E-state index contributed by atoms with van der Waals surface area (Å²) in [6.07, 6.45) is 1.63. The molecular formula is C94H98Cl8F2N8O10S. The quantitative estimate of drug-likeness (QED) is 0.0766. The van der Waals surface area contributed by atoms with Crippen molar-refractivity contribution in [3.05, 3.63) is 343 Å². The number of nitrogen functional groups attached to an aromatic ring is 3. The van der Waals surface area contributed by atoms with Gasteiger partial charge in [-0.15, -0.1) is 0 Å². The standard InChI is InChI=1S/C10H10N2O.C8H9ClO2.C8H9ClO.C8H9FO.C8H9N3.C8H8N2S.C8H9NO2.C8H10O2.C7H6Cl2O.C7H6Cl2.C7H6ClF.C7H7Cl/c1-6-4-8-7(5-9(6)13)2-3-12-10(8)11;1-5-3-6(9)8(11-2)4-7(5)10;2*1-6-3-4-8(10-2)7(9)5-6;1-5-2-3-6-7(4-5)11-8(9)10-6;1-5-2-3-7-6(4-5)10-8(9)11-7;1-5-4-6(8(9)11)2-3-7(5)10;1-6-3-4-7(10-2)5-8(6)9;1-4-2-5(8)6(9)3-7(4)10;2*1-5-2-3-6(8)7(9)4-5;1-6-3-2-4-7(8)5-6/h2-5,13H,1H3,(H2,11,12);3-4,10H,1-2H3;2*3-5H,1-2H3;2-4H,1H3,(H3,9,10,11);2-4H,1H3,(H2,9,10);2-4,10H,1H3,(H2,9,11);3-5,9H,1-2H3;2-3,10H,1H3;2*2-4H,1H3;2-5H,1H3. The number of aryl methyl sites for hydroxylation is 12. The number of rotatable bonds is 5. The number of ether oxygens (including phenoxy) is 4. The highest BCUT2D eigenvalue weighted by molar-refractivity contribution is 7.22. The molecule has 14 N–H and O–H groups in total. The third kappa shape index (κ3) is 36.7. The van der Waals surface area contributed by atoms with E-state index in [-0.39, 0.29) is 45.4 Å². The minimum atomic E-state index is -0.479. The molecule has 15 rings (SSSR count). The van der Waals surface area contributed by atoms with Crippen molar-refractivity contribution in [2.75, 3.05) is 45.6 Å². The highest BCUT2D eigenvalue weighted by Crippen LogP contribution is 2.34. The molecule has 0 saturated carbocycles. The molecule has 3 heterocycles. The van der Waals surface area contributed by atoms with E-state index in [0.717, 1.165) is 87.3 Å². The van der Waals surface area contributed by atoms with Crippen LogP contribution in [0.2, 0.25) is 40.2 Å². The summed E-state index contributed by atoms with van der Waals surface area (Å²) in [7, 11) is 6.14. The molecule has 0 spiro atoms. The first-order valence-corrected chi connectivity index (χ1v) is 40.8. The van der Waals surface area contributed by atoms with Gasteiger partial charge in [-0.2, -0.15) is 0 Å². The van der Waals surface area contributed by atoms with Gasteiger partial charge in [0, 0.05) is 40.4 Å². The molecule has 0 saturated heterocycles. The number of hydrogen-bond acceptors (Lipinski definition) is 17. The van der Waals surface area contributed by atoms with Crippen LogP contribution in [0.15, 0.2) is 219 Å². The van der Waals surface area contributed by atoms with Gasteiger partial charge in [-0.1, -0.05) is 159 Å². The summed E-state index contributed by atoms with van der Waals surface area (Å²) >= 11 is 46.7. The molecule has 12 aromatic carbocycles. The number of benzene rings is 12. The van der Waals surface area contributed by atoms with Crippen LogP contribution in [0.4, 0.5) is 25.7 Å². The number of thiazole rings is 1. The van der Waals surface area contributed by atoms with E-state index in [9.17, 15) is 23.8 Å². The molecule has 0 radical (unpaired) electrons. The molecule has 18 nitrogen and oxygen atoms in total. The lowest BCUT2D eigenvalue weighted by Gasteiger charge is -2.04. The summed E-state index contributed by atoms with van der Waals surface area (Å²) in [5.41, 5.74) is 36.6. The molecule has 0 fully saturated rings. The van der Waals surface area contributed by atoms with Crippen LogP contribution in [-0.2, 0) is 0 Å². The van der Waals surface area contributed by atoms with Crippen molar-refractivity contribution in [1.82, 2.24) is 19.9 Å². The number of primary amides is 1. The molecule has 0 aliphatic heterocycles. The van der Waals surface area contributed by atoms with Gasteiger partial charge in [-0.05, 0) is 295 Å². The average Bonchev–Trinajstić information content (AvgIpc) is 1.64. The monoisotopic (exact) mass is 1850 g/mol. The highest BCUT2D eigenvalue weighted by Gasteiger charge is 2.09. The first-order chi connectivity index (χ1) is 57.9. The van der Waals surface area contributed by atoms with Gasteiger partial charge in [0.2, 0.25) is 5.91 Å². The zero-order chi connectivity index (χ0) is 92.1. The third-order valence-electron chi connectivity index (χ3n) is 16.7. The number of pyridine rings is 1. The second-order valence-electron chi connectivity index (χ2n) is 27.0. The number of hydrogen-bond donors (Lipinski definition) is 10. The largest absolute Gasteiger partial charge is 0.508 e.